The first-order chi connectivity index (χ1) is 14.1. The standard InChI is InChI=1S/C22H26ClFN6/c1-21(2)18(8-9-22(21,3)26)29-19-14(12-27-30-10-4-5-17(19)30)20(25)28-16-11-13(24)6-7-15(16)23/h4-7,10-12,18,29H,8-9,26H2,1-3H3,(H2,25,28). The molecule has 0 aliphatic heterocycles. The van der Waals surface area contributed by atoms with Crippen molar-refractivity contribution >= 4 is 34.3 Å². The second-order valence-electron chi connectivity index (χ2n) is 8.74. The highest BCUT2D eigenvalue weighted by molar-refractivity contribution is 6.33. The summed E-state index contributed by atoms with van der Waals surface area (Å²) in [5, 5.41) is 8.42. The Hall–Kier alpha value is -2.64. The van der Waals surface area contributed by atoms with Crippen molar-refractivity contribution in [1.82, 2.24) is 9.61 Å². The molecule has 30 heavy (non-hydrogen) atoms. The number of aromatic nitrogens is 2. The van der Waals surface area contributed by atoms with Crippen LogP contribution in [0.5, 0.6) is 0 Å². The van der Waals surface area contributed by atoms with Gasteiger partial charge in [0.05, 0.1) is 33.7 Å². The average molecular weight is 429 g/mol. The van der Waals surface area contributed by atoms with Crippen LogP contribution in [0.3, 0.4) is 0 Å². The molecule has 2 atom stereocenters. The lowest BCUT2D eigenvalue weighted by Gasteiger charge is -2.39. The lowest BCUT2D eigenvalue weighted by atomic mass is 9.75. The minimum absolute atomic E-state index is 0.137. The maximum Gasteiger partial charge on any atom is 0.135 e. The van der Waals surface area contributed by atoms with Crippen molar-refractivity contribution in [2.75, 3.05) is 5.32 Å². The molecule has 2 heterocycles. The van der Waals surface area contributed by atoms with Gasteiger partial charge in [0.25, 0.3) is 0 Å². The summed E-state index contributed by atoms with van der Waals surface area (Å²) in [6, 6.07) is 8.01. The molecule has 1 fully saturated rings. The zero-order valence-electron chi connectivity index (χ0n) is 17.3. The van der Waals surface area contributed by atoms with Crippen molar-refractivity contribution in [3.8, 4) is 0 Å². The number of aliphatic imine (C=N–C) groups is 1. The molecule has 2 unspecified atom stereocenters. The number of rotatable bonds is 4. The van der Waals surface area contributed by atoms with Gasteiger partial charge >= 0.3 is 0 Å². The molecule has 8 heteroatoms. The van der Waals surface area contributed by atoms with Gasteiger partial charge in [-0.1, -0.05) is 25.4 Å². The average Bonchev–Trinajstić information content (AvgIpc) is 3.23. The van der Waals surface area contributed by atoms with Crippen molar-refractivity contribution in [1.29, 1.82) is 0 Å². The number of nitrogens with two attached hydrogens (primary N) is 2. The first-order valence-electron chi connectivity index (χ1n) is 9.91. The number of hydrogen-bond acceptors (Lipinski definition) is 4. The molecule has 1 aliphatic rings. The van der Waals surface area contributed by atoms with Crippen molar-refractivity contribution in [2.45, 2.75) is 45.2 Å². The fourth-order valence-electron chi connectivity index (χ4n) is 4.05. The molecule has 4 rings (SSSR count). The maximum absolute atomic E-state index is 13.7. The van der Waals surface area contributed by atoms with Crippen molar-refractivity contribution in [3.63, 3.8) is 0 Å². The third-order valence-electron chi connectivity index (χ3n) is 6.60. The number of benzene rings is 1. The van der Waals surface area contributed by atoms with Gasteiger partial charge in [-0.3, -0.25) is 0 Å². The molecule has 3 aromatic rings. The number of amidine groups is 1. The van der Waals surface area contributed by atoms with Crippen LogP contribution in [0.4, 0.5) is 15.8 Å². The number of hydrogen-bond donors (Lipinski definition) is 3. The van der Waals surface area contributed by atoms with Crippen LogP contribution in [-0.4, -0.2) is 27.0 Å². The molecular weight excluding hydrogens is 403 g/mol. The van der Waals surface area contributed by atoms with E-state index in [-0.39, 0.29) is 28.5 Å². The Bertz CT molecular complexity index is 1130. The molecule has 0 bridgehead atoms. The predicted octanol–water partition coefficient (Wildman–Crippen LogP) is 4.48. The van der Waals surface area contributed by atoms with E-state index in [1.54, 1.807) is 10.7 Å². The van der Waals surface area contributed by atoms with Crippen molar-refractivity contribution in [3.05, 3.63) is 59.1 Å². The third kappa shape index (κ3) is 3.42. The minimum Gasteiger partial charge on any atom is -0.383 e. The summed E-state index contributed by atoms with van der Waals surface area (Å²) in [6.45, 7) is 6.45. The van der Waals surface area contributed by atoms with Gasteiger partial charge in [0.1, 0.15) is 11.7 Å². The van der Waals surface area contributed by atoms with Gasteiger partial charge < -0.3 is 16.8 Å². The highest BCUT2D eigenvalue weighted by Crippen LogP contribution is 2.46. The molecule has 6 nitrogen and oxygen atoms in total. The first kappa shape index (κ1) is 20.6. The lowest BCUT2D eigenvalue weighted by Crippen LogP contribution is -2.51. The highest BCUT2D eigenvalue weighted by Gasteiger charge is 2.49. The normalized spacial score (nSPS) is 23.8. The van der Waals surface area contributed by atoms with E-state index in [1.165, 1.54) is 18.2 Å². The van der Waals surface area contributed by atoms with Crippen LogP contribution in [0.1, 0.15) is 39.2 Å². The van der Waals surface area contributed by atoms with Crippen LogP contribution in [0.15, 0.2) is 47.7 Å². The molecule has 1 saturated carbocycles. The fourth-order valence-corrected chi connectivity index (χ4v) is 4.21. The van der Waals surface area contributed by atoms with Crippen LogP contribution in [0, 0.1) is 11.2 Å². The van der Waals surface area contributed by atoms with E-state index >= 15 is 0 Å². The SMILES string of the molecule is CC1(N)CCC(Nc2c(C(N)=Nc3cc(F)ccc3Cl)cnn3cccc23)C1(C)C. The van der Waals surface area contributed by atoms with Gasteiger partial charge in [0.15, 0.2) is 0 Å². The van der Waals surface area contributed by atoms with Gasteiger partial charge in [0, 0.05) is 29.3 Å². The Morgan fingerprint density at radius 3 is 2.80 bits per heavy atom. The van der Waals surface area contributed by atoms with Gasteiger partial charge in [0.2, 0.25) is 0 Å². The highest BCUT2D eigenvalue weighted by atomic mass is 35.5. The van der Waals surface area contributed by atoms with E-state index in [2.05, 4.69) is 36.2 Å². The number of halogens is 2. The quantitative estimate of drug-likeness (QED) is 0.421. The van der Waals surface area contributed by atoms with Crippen LogP contribution in [0.2, 0.25) is 5.02 Å². The van der Waals surface area contributed by atoms with Crippen molar-refractivity contribution < 1.29 is 4.39 Å². The maximum atomic E-state index is 13.7. The Morgan fingerprint density at radius 1 is 1.33 bits per heavy atom. The molecule has 5 N–H and O–H groups in total. The summed E-state index contributed by atoms with van der Waals surface area (Å²) < 4.78 is 15.4. The number of anilines is 1. The molecule has 0 amide bonds. The van der Waals surface area contributed by atoms with Gasteiger partial charge in [-0.15, -0.1) is 0 Å². The zero-order chi connectivity index (χ0) is 21.7. The summed E-state index contributed by atoms with van der Waals surface area (Å²) in [5.74, 6) is -0.230. The monoisotopic (exact) mass is 428 g/mol. The first-order valence-corrected chi connectivity index (χ1v) is 10.3. The largest absolute Gasteiger partial charge is 0.383 e. The molecule has 0 saturated heterocycles. The Labute approximate surface area is 180 Å². The van der Waals surface area contributed by atoms with Crippen LogP contribution >= 0.6 is 11.6 Å². The minimum atomic E-state index is -0.431. The molecule has 1 aromatic carbocycles. The van der Waals surface area contributed by atoms with Gasteiger partial charge in [-0.2, -0.15) is 5.10 Å². The van der Waals surface area contributed by atoms with E-state index in [1.807, 2.05) is 18.3 Å². The molecular formula is C22H26ClFN6. The van der Waals surface area contributed by atoms with E-state index < -0.39 is 5.82 Å². The molecule has 1 aliphatic carbocycles. The summed E-state index contributed by atoms with van der Waals surface area (Å²) in [6.07, 6.45) is 5.37. The number of fused-ring (bicyclic) bond motifs is 1. The molecule has 158 valence electrons. The fraction of sp³-hybridized carbons (Fsp3) is 0.364. The smallest absolute Gasteiger partial charge is 0.135 e. The number of nitrogens with one attached hydrogen (secondary N) is 1. The summed E-state index contributed by atoms with van der Waals surface area (Å²) in [4.78, 5) is 4.39. The zero-order valence-corrected chi connectivity index (χ0v) is 18.0. The van der Waals surface area contributed by atoms with E-state index in [0.717, 1.165) is 24.0 Å². The third-order valence-corrected chi connectivity index (χ3v) is 6.92. The van der Waals surface area contributed by atoms with E-state index in [9.17, 15) is 4.39 Å². The van der Waals surface area contributed by atoms with Crippen LogP contribution in [0.25, 0.3) is 5.52 Å². The second-order valence-corrected chi connectivity index (χ2v) is 9.15. The van der Waals surface area contributed by atoms with E-state index in [4.69, 9.17) is 23.1 Å². The predicted molar refractivity (Wildman–Crippen MR) is 120 cm³/mol. The summed E-state index contributed by atoms with van der Waals surface area (Å²) in [5.41, 5.74) is 15.1. The Kier molecular flexibility index (Phi) is 4.98. The van der Waals surface area contributed by atoms with Crippen molar-refractivity contribution in [2.24, 2.45) is 21.9 Å². The molecule has 2 aromatic heterocycles. The Balaban J connectivity index is 1.80. The van der Waals surface area contributed by atoms with Crippen LogP contribution in [-0.2, 0) is 0 Å². The second kappa shape index (κ2) is 7.25. The topological polar surface area (TPSA) is 93.7 Å². The molecule has 0 radical (unpaired) electrons. The van der Waals surface area contributed by atoms with Crippen LogP contribution < -0.4 is 16.8 Å². The van der Waals surface area contributed by atoms with Gasteiger partial charge in [-0.05, 0) is 44.0 Å². The Morgan fingerprint density at radius 2 is 2.10 bits per heavy atom. The number of nitrogens with zero attached hydrogens (tertiary/aromatic N) is 3. The summed E-state index contributed by atoms with van der Waals surface area (Å²) in [7, 11) is 0. The van der Waals surface area contributed by atoms with E-state index in [0.29, 0.717) is 10.6 Å². The van der Waals surface area contributed by atoms with Gasteiger partial charge in [-0.25, -0.2) is 13.9 Å². The molecule has 0 spiro atoms. The lowest BCUT2D eigenvalue weighted by molar-refractivity contribution is 0.215. The summed E-state index contributed by atoms with van der Waals surface area (Å²) >= 11 is 6.17.